The van der Waals surface area contributed by atoms with Gasteiger partial charge in [0.1, 0.15) is 17.5 Å². The van der Waals surface area contributed by atoms with Gasteiger partial charge in [-0.25, -0.2) is 31.2 Å². The largest absolute Gasteiger partial charge is 0.280 e. The summed E-state index contributed by atoms with van der Waals surface area (Å²) < 4.78 is 67.0. The number of aryl methyl sites for hydroxylation is 1. The highest BCUT2D eigenvalue weighted by Crippen LogP contribution is 2.20. The molecule has 0 aliphatic heterocycles. The van der Waals surface area contributed by atoms with Crippen molar-refractivity contribution in [2.75, 3.05) is 9.44 Å². The average Bonchev–Trinajstić information content (AvgIpc) is 2.62. The summed E-state index contributed by atoms with van der Waals surface area (Å²) in [6, 6.07) is 10.8. The summed E-state index contributed by atoms with van der Waals surface area (Å²) >= 11 is 0. The van der Waals surface area contributed by atoms with Gasteiger partial charge in [-0.3, -0.25) is 9.44 Å². The van der Waals surface area contributed by atoms with Gasteiger partial charge in [-0.2, -0.15) is 0 Å². The Morgan fingerprint density at radius 1 is 0.786 bits per heavy atom. The number of anilines is 2. The molecule has 1 aromatic heterocycles. The fourth-order valence-corrected chi connectivity index (χ4v) is 4.30. The van der Waals surface area contributed by atoms with Gasteiger partial charge in [0.25, 0.3) is 20.0 Å². The van der Waals surface area contributed by atoms with Gasteiger partial charge in [-0.1, -0.05) is 0 Å². The van der Waals surface area contributed by atoms with Crippen LogP contribution in [0.3, 0.4) is 0 Å². The normalized spacial score (nSPS) is 11.8. The molecule has 0 aliphatic rings. The van der Waals surface area contributed by atoms with Gasteiger partial charge in [0, 0.05) is 11.9 Å². The predicted octanol–water partition coefficient (Wildman–Crippen LogP) is 2.53. The monoisotopic (exact) mass is 422 g/mol. The molecule has 0 bridgehead atoms. The minimum absolute atomic E-state index is 0.0755. The third-order valence-electron chi connectivity index (χ3n) is 3.56. The topological polar surface area (TPSA) is 118 Å². The molecule has 3 rings (SSSR count). The summed E-state index contributed by atoms with van der Waals surface area (Å²) in [6.07, 6.45) is 1.42. The summed E-state index contributed by atoms with van der Waals surface area (Å²) in [6.45, 7) is 1.62. The Labute approximate surface area is 161 Å². The first-order valence-corrected chi connectivity index (χ1v) is 10.8. The van der Waals surface area contributed by atoms with E-state index in [9.17, 15) is 21.2 Å². The average molecular weight is 422 g/mol. The number of hydrogen-bond donors (Lipinski definition) is 2. The van der Waals surface area contributed by atoms with E-state index in [1.54, 1.807) is 6.92 Å². The first kappa shape index (κ1) is 19.7. The van der Waals surface area contributed by atoms with Crippen LogP contribution in [0.25, 0.3) is 0 Å². The van der Waals surface area contributed by atoms with Crippen LogP contribution in [-0.4, -0.2) is 26.8 Å². The highest BCUT2D eigenvalue weighted by molar-refractivity contribution is 7.93. The van der Waals surface area contributed by atoms with Crippen LogP contribution in [0.5, 0.6) is 0 Å². The molecular weight excluding hydrogens is 407 g/mol. The lowest BCUT2D eigenvalue weighted by atomic mass is 10.3. The number of aromatic nitrogens is 2. The molecular formula is C17H15FN4O4S2. The zero-order valence-electron chi connectivity index (χ0n) is 14.5. The molecule has 0 saturated heterocycles. The maximum atomic E-state index is 13.0. The molecule has 2 aromatic carbocycles. The third kappa shape index (κ3) is 4.61. The van der Waals surface area contributed by atoms with E-state index in [0.717, 1.165) is 24.3 Å². The number of benzene rings is 2. The first-order chi connectivity index (χ1) is 13.2. The van der Waals surface area contributed by atoms with Crippen LogP contribution >= 0.6 is 0 Å². The van der Waals surface area contributed by atoms with Crippen molar-refractivity contribution in [3.63, 3.8) is 0 Å². The summed E-state index contributed by atoms with van der Waals surface area (Å²) in [5.74, 6) is -0.0285. The minimum Gasteiger partial charge on any atom is -0.280 e. The molecule has 2 N–H and O–H groups in total. The van der Waals surface area contributed by atoms with Crippen molar-refractivity contribution in [2.45, 2.75) is 16.7 Å². The SMILES string of the molecule is Cc1nccc(NS(=O)(=O)c2ccc(NS(=O)(=O)c3ccc(F)cc3)cc2)n1. The molecule has 0 fully saturated rings. The maximum Gasteiger partial charge on any atom is 0.263 e. The first-order valence-electron chi connectivity index (χ1n) is 7.87. The van der Waals surface area contributed by atoms with Crippen molar-refractivity contribution in [1.82, 2.24) is 9.97 Å². The van der Waals surface area contributed by atoms with E-state index >= 15 is 0 Å². The summed E-state index contributed by atoms with van der Waals surface area (Å²) in [5.41, 5.74) is 0.154. The van der Waals surface area contributed by atoms with E-state index in [2.05, 4.69) is 19.4 Å². The van der Waals surface area contributed by atoms with E-state index < -0.39 is 25.9 Å². The van der Waals surface area contributed by atoms with E-state index in [4.69, 9.17) is 0 Å². The van der Waals surface area contributed by atoms with E-state index in [1.165, 1.54) is 36.5 Å². The predicted molar refractivity (Wildman–Crippen MR) is 101 cm³/mol. The molecule has 28 heavy (non-hydrogen) atoms. The van der Waals surface area contributed by atoms with Crippen molar-refractivity contribution in [3.8, 4) is 0 Å². The van der Waals surface area contributed by atoms with Crippen LogP contribution in [0.1, 0.15) is 5.82 Å². The molecule has 1 heterocycles. The van der Waals surface area contributed by atoms with Crippen molar-refractivity contribution < 1.29 is 21.2 Å². The number of nitrogens with zero attached hydrogens (tertiary/aromatic N) is 2. The second-order valence-corrected chi connectivity index (χ2v) is 9.04. The molecule has 0 radical (unpaired) electrons. The van der Waals surface area contributed by atoms with Crippen molar-refractivity contribution in [1.29, 1.82) is 0 Å². The second kappa shape index (κ2) is 7.52. The highest BCUT2D eigenvalue weighted by Gasteiger charge is 2.17. The molecule has 0 amide bonds. The Hall–Kier alpha value is -3.05. The van der Waals surface area contributed by atoms with Gasteiger partial charge in [0.2, 0.25) is 0 Å². The lowest BCUT2D eigenvalue weighted by Crippen LogP contribution is -2.15. The van der Waals surface area contributed by atoms with Crippen LogP contribution < -0.4 is 9.44 Å². The van der Waals surface area contributed by atoms with Gasteiger partial charge in [0.05, 0.1) is 9.79 Å². The molecule has 8 nitrogen and oxygen atoms in total. The van der Waals surface area contributed by atoms with Crippen LogP contribution in [-0.2, 0) is 20.0 Å². The molecule has 0 saturated carbocycles. The Balaban J connectivity index is 1.78. The summed E-state index contributed by atoms with van der Waals surface area (Å²) in [5, 5.41) is 0. The van der Waals surface area contributed by atoms with E-state index in [-0.39, 0.29) is 21.3 Å². The Morgan fingerprint density at radius 3 is 1.89 bits per heavy atom. The lowest BCUT2D eigenvalue weighted by molar-refractivity contribution is 0.599. The molecule has 0 spiro atoms. The van der Waals surface area contributed by atoms with Gasteiger partial charge >= 0.3 is 0 Å². The van der Waals surface area contributed by atoms with Crippen LogP contribution in [0, 0.1) is 12.7 Å². The van der Waals surface area contributed by atoms with Crippen LogP contribution in [0.15, 0.2) is 70.6 Å². The van der Waals surface area contributed by atoms with Crippen molar-refractivity contribution in [3.05, 3.63) is 72.4 Å². The van der Waals surface area contributed by atoms with Gasteiger partial charge in [0.15, 0.2) is 0 Å². The Bertz CT molecular complexity index is 1200. The Kier molecular flexibility index (Phi) is 5.29. The molecule has 0 atom stereocenters. The zero-order valence-corrected chi connectivity index (χ0v) is 16.1. The minimum atomic E-state index is -3.93. The highest BCUT2D eigenvalue weighted by atomic mass is 32.2. The molecule has 3 aromatic rings. The van der Waals surface area contributed by atoms with E-state index in [0.29, 0.717) is 5.82 Å². The summed E-state index contributed by atoms with van der Waals surface area (Å²) in [7, 11) is -7.84. The zero-order chi connectivity index (χ0) is 20.4. The number of nitrogens with one attached hydrogen (secondary N) is 2. The fourth-order valence-electron chi connectivity index (χ4n) is 2.24. The van der Waals surface area contributed by atoms with Crippen molar-refractivity contribution >= 4 is 31.6 Å². The Morgan fingerprint density at radius 2 is 1.32 bits per heavy atom. The van der Waals surface area contributed by atoms with Crippen LogP contribution in [0.4, 0.5) is 15.9 Å². The second-order valence-electron chi connectivity index (χ2n) is 5.68. The van der Waals surface area contributed by atoms with Crippen LogP contribution in [0.2, 0.25) is 0 Å². The number of rotatable bonds is 6. The number of sulfonamides is 2. The van der Waals surface area contributed by atoms with Gasteiger partial charge in [-0.15, -0.1) is 0 Å². The lowest BCUT2D eigenvalue weighted by Gasteiger charge is -2.10. The molecule has 146 valence electrons. The third-order valence-corrected chi connectivity index (χ3v) is 6.32. The molecule has 0 aliphatic carbocycles. The maximum absolute atomic E-state index is 13.0. The smallest absolute Gasteiger partial charge is 0.263 e. The number of hydrogen-bond acceptors (Lipinski definition) is 6. The van der Waals surface area contributed by atoms with Gasteiger partial charge < -0.3 is 0 Å². The summed E-state index contributed by atoms with van der Waals surface area (Å²) in [4.78, 5) is 7.66. The van der Waals surface area contributed by atoms with E-state index in [1.807, 2.05) is 0 Å². The number of halogens is 1. The molecule has 0 unspecified atom stereocenters. The standard InChI is InChI=1S/C17H15FN4O4S2/c1-12-19-11-10-17(20-12)22-28(25,26)16-8-4-14(5-9-16)21-27(23,24)15-6-2-13(18)3-7-15/h2-11,21H,1H3,(H,19,20,22). The fraction of sp³-hybridized carbons (Fsp3) is 0.0588. The van der Waals surface area contributed by atoms with Gasteiger partial charge in [-0.05, 0) is 61.5 Å². The quantitative estimate of drug-likeness (QED) is 0.630. The van der Waals surface area contributed by atoms with Crippen molar-refractivity contribution in [2.24, 2.45) is 0 Å². The molecule has 11 heteroatoms.